The third kappa shape index (κ3) is 2.40. The van der Waals surface area contributed by atoms with Crippen molar-refractivity contribution in [1.82, 2.24) is 0 Å². The number of nitro groups is 1. The van der Waals surface area contributed by atoms with Gasteiger partial charge in [-0.25, -0.2) is 0 Å². The van der Waals surface area contributed by atoms with E-state index in [0.29, 0.717) is 12.1 Å². The van der Waals surface area contributed by atoms with Crippen LogP contribution in [-0.2, 0) is 5.41 Å². The van der Waals surface area contributed by atoms with Crippen molar-refractivity contribution in [1.29, 1.82) is 0 Å². The summed E-state index contributed by atoms with van der Waals surface area (Å²) >= 11 is 0. The van der Waals surface area contributed by atoms with E-state index in [1.165, 1.54) is 0 Å². The molecule has 0 spiro atoms. The number of phenolic OH excluding ortho intramolecular Hbond substituents is 1. The van der Waals surface area contributed by atoms with Crippen LogP contribution in [0.3, 0.4) is 0 Å². The molecule has 0 unspecified atom stereocenters. The maximum atomic E-state index is 13.4. The quantitative estimate of drug-likeness (QED) is 0.651. The molecule has 19 heavy (non-hydrogen) atoms. The van der Waals surface area contributed by atoms with Crippen molar-refractivity contribution >= 4 is 5.69 Å². The maximum Gasteiger partial charge on any atom is 0.305 e. The highest BCUT2D eigenvalue weighted by Gasteiger charge is 2.36. The number of rotatable bonds is 3. The Balaban J connectivity index is 2.53. The minimum absolute atomic E-state index is 0.240. The summed E-state index contributed by atoms with van der Waals surface area (Å²) in [6.07, 6.45) is 4.54. The van der Waals surface area contributed by atoms with Gasteiger partial charge in [0.15, 0.2) is 0 Å². The fourth-order valence-electron chi connectivity index (χ4n) is 2.93. The SMILES string of the molecule is NCC1(c2cc([N+](=O)[O-])c(F)cc2O)CCCCC1. The van der Waals surface area contributed by atoms with E-state index in [1.807, 2.05) is 0 Å². The number of nitrogens with zero attached hydrogens (tertiary/aromatic N) is 1. The van der Waals surface area contributed by atoms with Crippen LogP contribution < -0.4 is 5.73 Å². The first-order chi connectivity index (χ1) is 9.00. The Morgan fingerprint density at radius 3 is 2.53 bits per heavy atom. The number of halogens is 1. The number of hydrogen-bond acceptors (Lipinski definition) is 4. The molecule has 0 atom stereocenters. The van der Waals surface area contributed by atoms with Gasteiger partial charge in [-0.15, -0.1) is 0 Å². The molecule has 0 aromatic heterocycles. The Morgan fingerprint density at radius 2 is 2.00 bits per heavy atom. The molecule has 1 aliphatic rings. The molecular weight excluding hydrogens is 251 g/mol. The molecule has 1 aliphatic carbocycles. The highest BCUT2D eigenvalue weighted by Crippen LogP contribution is 2.44. The summed E-state index contributed by atoms with van der Waals surface area (Å²) in [6.45, 7) is 0.295. The molecule has 1 saturated carbocycles. The summed E-state index contributed by atoms with van der Waals surface area (Å²) in [6, 6.07) is 1.96. The van der Waals surface area contributed by atoms with Crippen LogP contribution in [0.2, 0.25) is 0 Å². The molecule has 1 aromatic carbocycles. The van der Waals surface area contributed by atoms with Gasteiger partial charge in [-0.2, -0.15) is 4.39 Å². The van der Waals surface area contributed by atoms with Crippen LogP contribution in [0.1, 0.15) is 37.7 Å². The van der Waals surface area contributed by atoms with Gasteiger partial charge in [0, 0.05) is 29.7 Å². The normalized spacial score (nSPS) is 18.2. The molecule has 6 heteroatoms. The van der Waals surface area contributed by atoms with E-state index in [4.69, 9.17) is 5.73 Å². The molecule has 104 valence electrons. The molecule has 0 heterocycles. The number of aromatic hydroxyl groups is 1. The topological polar surface area (TPSA) is 89.4 Å². The second kappa shape index (κ2) is 5.13. The minimum Gasteiger partial charge on any atom is -0.508 e. The first-order valence-corrected chi connectivity index (χ1v) is 6.37. The van der Waals surface area contributed by atoms with Crippen molar-refractivity contribution in [2.75, 3.05) is 6.54 Å². The zero-order chi connectivity index (χ0) is 14.0. The molecule has 0 amide bonds. The standard InChI is InChI=1S/C13H17FN2O3/c14-10-7-12(17)9(6-11(10)16(18)19)13(8-15)4-2-1-3-5-13/h6-7,17H,1-5,8,15H2. The van der Waals surface area contributed by atoms with Gasteiger partial charge in [-0.3, -0.25) is 10.1 Å². The van der Waals surface area contributed by atoms with Crippen LogP contribution in [0.4, 0.5) is 10.1 Å². The monoisotopic (exact) mass is 268 g/mol. The van der Waals surface area contributed by atoms with Crippen molar-refractivity contribution in [2.45, 2.75) is 37.5 Å². The molecule has 5 nitrogen and oxygen atoms in total. The Labute approximate surface area is 110 Å². The van der Waals surface area contributed by atoms with Gasteiger partial charge in [0.25, 0.3) is 0 Å². The zero-order valence-electron chi connectivity index (χ0n) is 10.6. The molecule has 0 bridgehead atoms. The Morgan fingerprint density at radius 1 is 1.37 bits per heavy atom. The Bertz CT molecular complexity index is 499. The van der Waals surface area contributed by atoms with Gasteiger partial charge in [0.2, 0.25) is 5.82 Å². The van der Waals surface area contributed by atoms with Crippen LogP contribution in [0.25, 0.3) is 0 Å². The van der Waals surface area contributed by atoms with Crippen molar-refractivity contribution in [2.24, 2.45) is 5.73 Å². The van der Waals surface area contributed by atoms with Crippen molar-refractivity contribution in [3.63, 3.8) is 0 Å². The lowest BCUT2D eigenvalue weighted by molar-refractivity contribution is -0.387. The van der Waals surface area contributed by atoms with E-state index in [1.54, 1.807) is 0 Å². The van der Waals surface area contributed by atoms with E-state index < -0.39 is 21.8 Å². The number of hydrogen-bond donors (Lipinski definition) is 2. The molecule has 1 aromatic rings. The molecular formula is C13H17FN2O3. The molecule has 2 rings (SSSR count). The lowest BCUT2D eigenvalue weighted by atomic mass is 9.69. The molecule has 0 radical (unpaired) electrons. The predicted octanol–water partition coefficient (Wildman–Crippen LogP) is 2.60. The summed E-state index contributed by atoms with van der Waals surface area (Å²) in [5, 5.41) is 20.7. The van der Waals surface area contributed by atoms with Crippen LogP contribution in [-0.4, -0.2) is 16.6 Å². The average Bonchev–Trinajstić information content (AvgIpc) is 2.39. The fraction of sp³-hybridized carbons (Fsp3) is 0.538. The minimum atomic E-state index is -1.02. The third-order valence-electron chi connectivity index (χ3n) is 4.03. The summed E-state index contributed by atoms with van der Waals surface area (Å²) in [7, 11) is 0. The predicted molar refractivity (Wildman–Crippen MR) is 68.5 cm³/mol. The first kappa shape index (κ1) is 13.7. The van der Waals surface area contributed by atoms with Crippen molar-refractivity contribution < 1.29 is 14.4 Å². The van der Waals surface area contributed by atoms with Gasteiger partial charge in [-0.1, -0.05) is 19.3 Å². The second-order valence-corrected chi connectivity index (χ2v) is 5.12. The van der Waals surface area contributed by atoms with Gasteiger partial charge in [0.1, 0.15) is 5.75 Å². The maximum absolute atomic E-state index is 13.4. The molecule has 0 saturated heterocycles. The van der Waals surface area contributed by atoms with E-state index in [9.17, 15) is 19.6 Å². The Hall–Kier alpha value is -1.69. The van der Waals surface area contributed by atoms with Gasteiger partial charge in [0.05, 0.1) is 4.92 Å². The Kier molecular flexibility index (Phi) is 3.71. The van der Waals surface area contributed by atoms with Gasteiger partial charge in [-0.05, 0) is 12.8 Å². The largest absolute Gasteiger partial charge is 0.508 e. The highest BCUT2D eigenvalue weighted by atomic mass is 19.1. The van der Waals surface area contributed by atoms with Crippen LogP contribution >= 0.6 is 0 Å². The van der Waals surface area contributed by atoms with Crippen LogP contribution in [0.15, 0.2) is 12.1 Å². The van der Waals surface area contributed by atoms with Crippen molar-refractivity contribution in [3.05, 3.63) is 33.6 Å². The number of phenols is 1. The second-order valence-electron chi connectivity index (χ2n) is 5.12. The smallest absolute Gasteiger partial charge is 0.305 e. The fourth-order valence-corrected chi connectivity index (χ4v) is 2.93. The zero-order valence-corrected chi connectivity index (χ0v) is 10.6. The van der Waals surface area contributed by atoms with Gasteiger partial charge < -0.3 is 10.8 Å². The van der Waals surface area contributed by atoms with E-state index in [2.05, 4.69) is 0 Å². The molecule has 0 aliphatic heterocycles. The summed E-state index contributed by atoms with van der Waals surface area (Å²) in [5.41, 5.74) is 5.16. The highest BCUT2D eigenvalue weighted by molar-refractivity contribution is 5.48. The van der Waals surface area contributed by atoms with Crippen LogP contribution in [0.5, 0.6) is 5.75 Å². The number of nitrogens with two attached hydrogens (primary N) is 1. The van der Waals surface area contributed by atoms with E-state index in [-0.39, 0.29) is 5.75 Å². The van der Waals surface area contributed by atoms with Gasteiger partial charge >= 0.3 is 5.69 Å². The van der Waals surface area contributed by atoms with E-state index >= 15 is 0 Å². The number of benzene rings is 1. The average molecular weight is 268 g/mol. The van der Waals surface area contributed by atoms with E-state index in [0.717, 1.165) is 44.2 Å². The summed E-state index contributed by atoms with van der Waals surface area (Å²) < 4.78 is 13.4. The lowest BCUT2D eigenvalue weighted by Crippen LogP contribution is -2.37. The lowest BCUT2D eigenvalue weighted by Gasteiger charge is -2.37. The molecule has 1 fully saturated rings. The third-order valence-corrected chi connectivity index (χ3v) is 4.03. The van der Waals surface area contributed by atoms with Crippen LogP contribution in [0, 0.1) is 15.9 Å². The van der Waals surface area contributed by atoms with Crippen molar-refractivity contribution in [3.8, 4) is 5.75 Å². The summed E-state index contributed by atoms with van der Waals surface area (Å²) in [4.78, 5) is 10.0. The summed E-state index contributed by atoms with van der Waals surface area (Å²) in [5.74, 6) is -1.26. The molecule has 3 N–H and O–H groups in total. The number of nitro benzene ring substituents is 1. The first-order valence-electron chi connectivity index (χ1n) is 6.37.